The van der Waals surface area contributed by atoms with Crippen molar-refractivity contribution in [1.82, 2.24) is 4.98 Å². The summed E-state index contributed by atoms with van der Waals surface area (Å²) in [5.74, 6) is 0. The summed E-state index contributed by atoms with van der Waals surface area (Å²) in [5.41, 5.74) is 3.01. The van der Waals surface area contributed by atoms with E-state index in [1.54, 1.807) is 21.6 Å². The molecule has 2 aromatic carbocycles. The molecule has 0 atom stereocenters. The minimum absolute atomic E-state index is 0.696. The van der Waals surface area contributed by atoms with Gasteiger partial charge in [0.25, 0.3) is 5.22 Å². The Bertz CT molecular complexity index is 628. The maximum atomic E-state index is 5.64. The van der Waals surface area contributed by atoms with Gasteiger partial charge >= 0.3 is 0 Å². The third-order valence-corrected chi connectivity index (χ3v) is 4.62. The number of hydrogen-bond acceptors (Lipinski definition) is 4. The van der Waals surface area contributed by atoms with E-state index in [2.05, 4.69) is 36.2 Å². The van der Waals surface area contributed by atoms with Crippen LogP contribution in [0.2, 0.25) is 0 Å². The Labute approximate surface area is 113 Å². The van der Waals surface area contributed by atoms with Gasteiger partial charge in [0.1, 0.15) is 5.52 Å². The molecule has 0 radical (unpaired) electrons. The van der Waals surface area contributed by atoms with Gasteiger partial charge in [0.2, 0.25) is 0 Å². The van der Waals surface area contributed by atoms with Crippen molar-refractivity contribution >= 4 is 32.7 Å². The molecule has 0 saturated carbocycles. The van der Waals surface area contributed by atoms with E-state index in [4.69, 9.17) is 4.42 Å². The van der Waals surface area contributed by atoms with E-state index >= 15 is 0 Å². The van der Waals surface area contributed by atoms with Gasteiger partial charge in [-0.2, -0.15) is 0 Å². The lowest BCUT2D eigenvalue weighted by molar-refractivity contribution is 0.491. The lowest BCUT2D eigenvalue weighted by Gasteiger charge is -1.97. The Morgan fingerprint density at radius 1 is 0.944 bits per heavy atom. The molecule has 0 bridgehead atoms. The summed E-state index contributed by atoms with van der Waals surface area (Å²) in [6, 6.07) is 16.2. The molecule has 1 heterocycles. The zero-order valence-electron chi connectivity index (χ0n) is 9.79. The Morgan fingerprint density at radius 2 is 1.72 bits per heavy atom. The van der Waals surface area contributed by atoms with Crippen LogP contribution < -0.4 is 0 Å². The number of aromatic nitrogens is 1. The lowest BCUT2D eigenvalue weighted by Crippen LogP contribution is -1.71. The highest BCUT2D eigenvalue weighted by Gasteiger charge is 2.06. The van der Waals surface area contributed by atoms with Crippen molar-refractivity contribution < 1.29 is 4.42 Å². The van der Waals surface area contributed by atoms with Gasteiger partial charge in [-0.1, -0.05) is 29.8 Å². The van der Waals surface area contributed by atoms with Gasteiger partial charge in [-0.3, -0.25) is 0 Å². The average molecular weight is 273 g/mol. The van der Waals surface area contributed by atoms with Gasteiger partial charge < -0.3 is 4.42 Å². The second-order valence-corrected chi connectivity index (χ2v) is 6.08. The van der Waals surface area contributed by atoms with Crippen LogP contribution in [0.25, 0.3) is 11.1 Å². The van der Waals surface area contributed by atoms with Crippen molar-refractivity contribution in [3.63, 3.8) is 0 Å². The third-order valence-electron chi connectivity index (χ3n) is 2.50. The summed E-state index contributed by atoms with van der Waals surface area (Å²) in [6.07, 6.45) is 0. The van der Waals surface area contributed by atoms with Crippen LogP contribution in [0.1, 0.15) is 5.56 Å². The lowest BCUT2D eigenvalue weighted by atomic mass is 10.2. The Kier molecular flexibility index (Phi) is 3.30. The molecule has 1 aromatic heterocycles. The second kappa shape index (κ2) is 5.08. The number of para-hydroxylation sites is 2. The molecule has 0 saturated heterocycles. The number of rotatable bonds is 3. The third kappa shape index (κ3) is 2.54. The van der Waals surface area contributed by atoms with Crippen molar-refractivity contribution in [3.05, 3.63) is 54.1 Å². The molecule has 0 aliphatic rings. The Hall–Kier alpha value is -1.39. The summed E-state index contributed by atoms with van der Waals surface area (Å²) in [7, 11) is 3.20. The summed E-state index contributed by atoms with van der Waals surface area (Å²) < 4.78 is 5.64. The number of aryl methyl sites for hydroxylation is 1. The van der Waals surface area contributed by atoms with E-state index in [1.165, 1.54) is 10.5 Å². The van der Waals surface area contributed by atoms with Crippen LogP contribution in [0.4, 0.5) is 0 Å². The minimum atomic E-state index is 0.696. The number of nitrogens with zero attached hydrogens (tertiary/aromatic N) is 1. The quantitative estimate of drug-likeness (QED) is 0.632. The predicted molar refractivity (Wildman–Crippen MR) is 76.9 cm³/mol. The number of fused-ring (bicyclic) bond motifs is 1. The molecule has 0 aliphatic heterocycles. The van der Waals surface area contributed by atoms with Crippen molar-refractivity contribution in [2.24, 2.45) is 0 Å². The average Bonchev–Trinajstić information content (AvgIpc) is 2.81. The SMILES string of the molecule is Cc1ccc(SSc2nc3ccccc3o2)cc1. The molecule has 0 fully saturated rings. The van der Waals surface area contributed by atoms with Gasteiger partial charge in [0.15, 0.2) is 5.58 Å². The summed E-state index contributed by atoms with van der Waals surface area (Å²) in [6.45, 7) is 2.09. The first-order chi connectivity index (χ1) is 8.81. The maximum Gasteiger partial charge on any atom is 0.268 e. The topological polar surface area (TPSA) is 26.0 Å². The Balaban J connectivity index is 1.74. The van der Waals surface area contributed by atoms with E-state index in [9.17, 15) is 0 Å². The van der Waals surface area contributed by atoms with Crippen LogP contribution in [0.15, 0.2) is 63.1 Å². The van der Waals surface area contributed by atoms with Gasteiger partial charge in [-0.15, -0.1) is 0 Å². The van der Waals surface area contributed by atoms with Gasteiger partial charge in [0, 0.05) is 15.7 Å². The zero-order valence-corrected chi connectivity index (χ0v) is 11.4. The van der Waals surface area contributed by atoms with E-state index in [0.717, 1.165) is 11.1 Å². The fraction of sp³-hybridized carbons (Fsp3) is 0.0714. The van der Waals surface area contributed by atoms with E-state index < -0.39 is 0 Å². The molecule has 0 unspecified atom stereocenters. The standard InChI is InChI=1S/C14H11NOS2/c1-10-6-8-11(9-7-10)17-18-14-15-12-4-2-3-5-13(12)16-14/h2-9H,1H3. The fourth-order valence-electron chi connectivity index (χ4n) is 1.56. The van der Waals surface area contributed by atoms with Crippen molar-refractivity contribution in [2.45, 2.75) is 17.0 Å². The number of hydrogen-bond donors (Lipinski definition) is 0. The molecule has 90 valence electrons. The number of oxazole rings is 1. The normalized spacial score (nSPS) is 10.9. The smallest absolute Gasteiger partial charge is 0.268 e. The molecular weight excluding hydrogens is 262 g/mol. The van der Waals surface area contributed by atoms with E-state index in [0.29, 0.717) is 5.22 Å². The molecule has 0 spiro atoms. The van der Waals surface area contributed by atoms with Crippen LogP contribution >= 0.6 is 21.6 Å². The van der Waals surface area contributed by atoms with Gasteiger partial charge in [-0.05, 0) is 42.0 Å². The molecule has 0 N–H and O–H groups in total. The highest BCUT2D eigenvalue weighted by atomic mass is 33.1. The second-order valence-electron chi connectivity index (χ2n) is 3.93. The maximum absolute atomic E-state index is 5.64. The first kappa shape index (κ1) is 11.7. The first-order valence-corrected chi connectivity index (χ1v) is 7.73. The molecule has 3 rings (SSSR count). The highest BCUT2D eigenvalue weighted by molar-refractivity contribution is 8.76. The van der Waals surface area contributed by atoms with E-state index in [1.807, 2.05) is 24.3 Å². The molecule has 3 aromatic rings. The predicted octanol–water partition coefficient (Wildman–Crippen LogP) is 4.94. The molecule has 18 heavy (non-hydrogen) atoms. The van der Waals surface area contributed by atoms with Gasteiger partial charge in [0.05, 0.1) is 0 Å². The minimum Gasteiger partial charge on any atom is -0.431 e. The monoisotopic (exact) mass is 273 g/mol. The fourth-order valence-corrected chi connectivity index (χ4v) is 3.29. The van der Waals surface area contributed by atoms with Crippen LogP contribution in [0, 0.1) is 6.92 Å². The van der Waals surface area contributed by atoms with Crippen molar-refractivity contribution in [2.75, 3.05) is 0 Å². The van der Waals surface area contributed by atoms with Crippen molar-refractivity contribution in [1.29, 1.82) is 0 Å². The molecule has 4 heteroatoms. The van der Waals surface area contributed by atoms with Crippen LogP contribution in [0.3, 0.4) is 0 Å². The largest absolute Gasteiger partial charge is 0.431 e. The Morgan fingerprint density at radius 3 is 2.50 bits per heavy atom. The molecule has 0 aliphatic carbocycles. The summed E-state index contributed by atoms with van der Waals surface area (Å²) in [4.78, 5) is 5.62. The number of benzene rings is 2. The molecule has 2 nitrogen and oxygen atoms in total. The first-order valence-electron chi connectivity index (χ1n) is 5.58. The summed E-state index contributed by atoms with van der Waals surface area (Å²) >= 11 is 0. The van der Waals surface area contributed by atoms with Crippen molar-refractivity contribution in [3.8, 4) is 0 Å². The zero-order chi connectivity index (χ0) is 12.4. The van der Waals surface area contributed by atoms with Crippen LogP contribution in [0.5, 0.6) is 0 Å². The summed E-state index contributed by atoms with van der Waals surface area (Å²) in [5, 5.41) is 0.696. The molecule has 0 amide bonds. The van der Waals surface area contributed by atoms with Gasteiger partial charge in [-0.25, -0.2) is 4.98 Å². The molecular formula is C14H11NOS2. The van der Waals surface area contributed by atoms with Crippen LogP contribution in [-0.2, 0) is 0 Å². The highest BCUT2D eigenvalue weighted by Crippen LogP contribution is 2.37. The van der Waals surface area contributed by atoms with Crippen LogP contribution in [-0.4, -0.2) is 4.98 Å². The van der Waals surface area contributed by atoms with E-state index in [-0.39, 0.29) is 0 Å².